The van der Waals surface area contributed by atoms with E-state index in [1.165, 1.54) is 10.5 Å². The number of benzene rings is 2. The van der Waals surface area contributed by atoms with Crippen molar-refractivity contribution < 1.29 is 0 Å². The van der Waals surface area contributed by atoms with E-state index < -0.39 is 0 Å². The minimum atomic E-state index is 0.320. The van der Waals surface area contributed by atoms with Gasteiger partial charge in [-0.15, -0.1) is 11.8 Å². The third kappa shape index (κ3) is 2.96. The van der Waals surface area contributed by atoms with Crippen molar-refractivity contribution in [3.63, 3.8) is 0 Å². The first-order valence-electron chi connectivity index (χ1n) is 6.95. The van der Waals surface area contributed by atoms with Gasteiger partial charge in [0.2, 0.25) is 0 Å². The number of nitrogens with zero attached hydrogens (tertiary/aromatic N) is 1. The Labute approximate surface area is 129 Å². The van der Waals surface area contributed by atoms with Crippen LogP contribution in [0.1, 0.15) is 24.2 Å². The average molecular weight is 292 g/mol. The maximum atomic E-state index is 9.23. The Balaban J connectivity index is 2.06. The second-order valence-corrected chi connectivity index (χ2v) is 6.30. The first-order chi connectivity index (χ1) is 10.3. The number of para-hydroxylation sites is 1. The molecule has 104 valence electrons. The molecule has 1 heterocycles. The Morgan fingerprint density at radius 1 is 1.14 bits per heavy atom. The van der Waals surface area contributed by atoms with Crippen LogP contribution in [0.4, 0.5) is 5.69 Å². The quantitative estimate of drug-likeness (QED) is 0.740. The van der Waals surface area contributed by atoms with Crippen molar-refractivity contribution in [1.29, 1.82) is 5.26 Å². The van der Waals surface area contributed by atoms with Gasteiger partial charge in [0.05, 0.1) is 11.8 Å². The van der Waals surface area contributed by atoms with Gasteiger partial charge in [-0.05, 0) is 24.6 Å². The smallest absolute Gasteiger partial charge is 0.0962 e. The monoisotopic (exact) mass is 292 g/mol. The van der Waals surface area contributed by atoms with Crippen LogP contribution in [0.3, 0.4) is 0 Å². The van der Waals surface area contributed by atoms with Gasteiger partial charge in [0.1, 0.15) is 0 Å². The highest BCUT2D eigenvalue weighted by atomic mass is 32.2. The van der Waals surface area contributed by atoms with E-state index in [9.17, 15) is 5.26 Å². The fraction of sp³-hybridized carbons (Fsp3) is 0.167. The van der Waals surface area contributed by atoms with E-state index >= 15 is 0 Å². The zero-order valence-corrected chi connectivity index (χ0v) is 12.7. The lowest BCUT2D eigenvalue weighted by molar-refractivity contribution is 0.917. The van der Waals surface area contributed by atoms with Crippen LogP contribution in [0.15, 0.2) is 70.8 Å². The van der Waals surface area contributed by atoms with Gasteiger partial charge in [-0.25, -0.2) is 0 Å². The zero-order chi connectivity index (χ0) is 14.7. The lowest BCUT2D eigenvalue weighted by atomic mass is 10.1. The molecule has 0 aromatic heterocycles. The number of allylic oxidation sites excluding steroid dienone is 2. The molecule has 1 aliphatic heterocycles. The van der Waals surface area contributed by atoms with Crippen LogP contribution < -0.4 is 5.32 Å². The van der Waals surface area contributed by atoms with Gasteiger partial charge in [0, 0.05) is 27.8 Å². The van der Waals surface area contributed by atoms with Crippen molar-refractivity contribution in [3.05, 3.63) is 71.4 Å². The number of rotatable bonds is 1. The molecule has 0 fully saturated rings. The van der Waals surface area contributed by atoms with Crippen LogP contribution in [-0.4, -0.2) is 0 Å². The second-order valence-electron chi connectivity index (χ2n) is 5.06. The minimum absolute atomic E-state index is 0.320. The molecular weight excluding hydrogens is 276 g/mol. The summed E-state index contributed by atoms with van der Waals surface area (Å²) in [5, 5.41) is 13.0. The third-order valence-corrected chi connectivity index (χ3v) is 4.96. The molecule has 0 radical (unpaired) electrons. The van der Waals surface area contributed by atoms with Gasteiger partial charge in [-0.3, -0.25) is 0 Å². The van der Waals surface area contributed by atoms with E-state index in [-0.39, 0.29) is 0 Å². The normalized spacial score (nSPS) is 19.7. The van der Waals surface area contributed by atoms with Crippen molar-refractivity contribution in [2.75, 3.05) is 5.32 Å². The molecule has 21 heavy (non-hydrogen) atoms. The maximum absolute atomic E-state index is 9.23. The predicted molar refractivity (Wildman–Crippen MR) is 88.0 cm³/mol. The summed E-state index contributed by atoms with van der Waals surface area (Å²) in [4.78, 5) is 1.23. The first-order valence-corrected chi connectivity index (χ1v) is 7.83. The third-order valence-electron chi connectivity index (χ3n) is 3.62. The molecule has 2 aromatic rings. The molecule has 2 aromatic carbocycles. The average Bonchev–Trinajstić information content (AvgIpc) is 2.74. The molecule has 3 rings (SSSR count). The summed E-state index contributed by atoms with van der Waals surface area (Å²) in [6.45, 7) is 1.88. The van der Waals surface area contributed by atoms with Crippen LogP contribution in [-0.2, 0) is 0 Å². The van der Waals surface area contributed by atoms with Gasteiger partial charge in [-0.1, -0.05) is 42.5 Å². The second kappa shape index (κ2) is 6.07. The van der Waals surface area contributed by atoms with Crippen molar-refractivity contribution in [2.45, 2.75) is 23.5 Å². The highest BCUT2D eigenvalue weighted by Gasteiger charge is 2.22. The Bertz CT molecular complexity index is 713. The SMILES string of the molecule is C/C(C#N)=C1/C[C@H](c2ccccc2)Sc2ccccc2N1. The predicted octanol–water partition coefficient (Wildman–Crippen LogP) is 5.13. The summed E-state index contributed by atoms with van der Waals surface area (Å²) in [5.74, 6) is 0. The highest BCUT2D eigenvalue weighted by molar-refractivity contribution is 7.99. The zero-order valence-electron chi connectivity index (χ0n) is 11.8. The molecule has 0 aliphatic carbocycles. The number of hydrogen-bond donors (Lipinski definition) is 1. The van der Waals surface area contributed by atoms with E-state index in [2.05, 4.69) is 53.9 Å². The molecule has 1 aliphatic rings. The fourth-order valence-electron chi connectivity index (χ4n) is 2.43. The van der Waals surface area contributed by atoms with Crippen LogP contribution in [0, 0.1) is 11.3 Å². The number of fused-ring (bicyclic) bond motifs is 1. The van der Waals surface area contributed by atoms with Crippen molar-refractivity contribution in [3.8, 4) is 6.07 Å². The topological polar surface area (TPSA) is 35.8 Å². The molecule has 3 heteroatoms. The van der Waals surface area contributed by atoms with Gasteiger partial charge in [0.15, 0.2) is 0 Å². The van der Waals surface area contributed by atoms with E-state index in [0.717, 1.165) is 23.4 Å². The number of thioether (sulfide) groups is 1. The minimum Gasteiger partial charge on any atom is -0.357 e. The van der Waals surface area contributed by atoms with Crippen LogP contribution in [0.25, 0.3) is 0 Å². The van der Waals surface area contributed by atoms with Gasteiger partial charge >= 0.3 is 0 Å². The molecule has 0 saturated carbocycles. The largest absolute Gasteiger partial charge is 0.357 e. The molecule has 0 saturated heterocycles. The molecule has 1 N–H and O–H groups in total. The Kier molecular flexibility index (Phi) is 3.98. The number of nitriles is 1. The van der Waals surface area contributed by atoms with Crippen LogP contribution >= 0.6 is 11.8 Å². The summed E-state index contributed by atoms with van der Waals surface area (Å²) in [6, 6.07) is 21.0. The number of hydrogen-bond acceptors (Lipinski definition) is 3. The lowest BCUT2D eigenvalue weighted by Gasteiger charge is -2.15. The summed E-state index contributed by atoms with van der Waals surface area (Å²) in [5.41, 5.74) is 4.16. The van der Waals surface area contributed by atoms with E-state index in [1.54, 1.807) is 0 Å². The van der Waals surface area contributed by atoms with Crippen LogP contribution in [0.5, 0.6) is 0 Å². The molecule has 2 nitrogen and oxygen atoms in total. The number of anilines is 1. The summed E-state index contributed by atoms with van der Waals surface area (Å²) in [7, 11) is 0. The van der Waals surface area contributed by atoms with Crippen molar-refractivity contribution in [2.24, 2.45) is 0 Å². The van der Waals surface area contributed by atoms with Crippen LogP contribution in [0.2, 0.25) is 0 Å². The van der Waals surface area contributed by atoms with E-state index in [4.69, 9.17) is 0 Å². The van der Waals surface area contributed by atoms with E-state index in [1.807, 2.05) is 30.8 Å². The number of nitrogens with one attached hydrogen (secondary N) is 1. The standard InChI is InChI=1S/C18H16N2S/c1-13(12-19)16-11-18(14-7-3-2-4-8-14)21-17-10-6-5-9-15(17)20-16/h2-10,18,20H,11H2,1H3/b16-13+/t18-/m1/s1. The van der Waals surface area contributed by atoms with Gasteiger partial charge < -0.3 is 5.32 Å². The summed E-state index contributed by atoms with van der Waals surface area (Å²) in [6.07, 6.45) is 0.836. The van der Waals surface area contributed by atoms with Crippen molar-refractivity contribution >= 4 is 17.4 Å². The lowest BCUT2D eigenvalue weighted by Crippen LogP contribution is -2.03. The first kappa shape index (κ1) is 13.8. The highest BCUT2D eigenvalue weighted by Crippen LogP contribution is 2.45. The molecule has 0 spiro atoms. The van der Waals surface area contributed by atoms with Gasteiger partial charge in [0.25, 0.3) is 0 Å². The maximum Gasteiger partial charge on any atom is 0.0962 e. The Hall–Kier alpha value is -2.18. The summed E-state index contributed by atoms with van der Waals surface area (Å²) >= 11 is 1.86. The Morgan fingerprint density at radius 3 is 2.62 bits per heavy atom. The molecule has 1 atom stereocenters. The van der Waals surface area contributed by atoms with E-state index in [0.29, 0.717) is 5.25 Å². The Morgan fingerprint density at radius 2 is 1.86 bits per heavy atom. The molecule has 0 unspecified atom stereocenters. The molecule has 0 bridgehead atoms. The van der Waals surface area contributed by atoms with Gasteiger partial charge in [-0.2, -0.15) is 5.26 Å². The molecular formula is C18H16N2S. The summed E-state index contributed by atoms with van der Waals surface area (Å²) < 4.78 is 0. The van der Waals surface area contributed by atoms with Crippen molar-refractivity contribution in [1.82, 2.24) is 0 Å². The molecule has 0 amide bonds. The fourth-order valence-corrected chi connectivity index (χ4v) is 3.69.